The van der Waals surface area contributed by atoms with Gasteiger partial charge >= 0.3 is 10.1 Å². The fourth-order valence-corrected chi connectivity index (χ4v) is 12.9. The Hall–Kier alpha value is -5.15. The number of rotatable bonds is 12. The Morgan fingerprint density at radius 2 is 1.32 bits per heavy atom. The SMILES string of the molecule is CC1(C)C(C=CC=C(C=CC=C2C(C)(C)c3c(ccc4cc(S(=O)(=O)O)ccc34)[N+]23CCC3S(=O)(=O)O)c2ccccc2)=[N+](CCCS(=O)(=O)O)c2ccc3cc(S(=O)(=O)O)ccc3c21. The second-order valence-corrected chi connectivity index (χ2v) is 23.7. The van der Waals surface area contributed by atoms with Crippen LogP contribution in [0.15, 0.2) is 143 Å². The van der Waals surface area contributed by atoms with E-state index in [1.54, 1.807) is 30.3 Å². The zero-order chi connectivity index (χ0) is 47.1. The van der Waals surface area contributed by atoms with Crippen LogP contribution in [0.3, 0.4) is 0 Å². The van der Waals surface area contributed by atoms with E-state index < -0.39 is 62.4 Å². The molecule has 0 radical (unpaired) electrons. The van der Waals surface area contributed by atoms with Gasteiger partial charge in [-0.15, -0.1) is 0 Å². The predicted molar refractivity (Wildman–Crippen MR) is 252 cm³/mol. The third-order valence-corrected chi connectivity index (χ3v) is 16.8. The van der Waals surface area contributed by atoms with Crippen LogP contribution in [-0.4, -0.2) is 86.4 Å². The third-order valence-electron chi connectivity index (χ3n) is 13.0. The lowest BCUT2D eigenvalue weighted by atomic mass is 9.79. The highest BCUT2D eigenvalue weighted by atomic mass is 32.2. The lowest BCUT2D eigenvalue weighted by molar-refractivity contribution is -0.437. The largest absolute Gasteiger partial charge is 0.320 e. The number of allylic oxidation sites excluding steroid dienone is 8. The second-order valence-electron chi connectivity index (χ2n) is 17.7. The average molecular weight is 961 g/mol. The Morgan fingerprint density at radius 1 is 0.723 bits per heavy atom. The van der Waals surface area contributed by atoms with Crippen molar-refractivity contribution < 1.29 is 56.5 Å². The molecule has 14 nitrogen and oxygen atoms in total. The second kappa shape index (κ2) is 16.0. The normalized spacial score (nSPS) is 21.6. The molecule has 0 aromatic heterocycles. The number of hydrogen-bond donors (Lipinski definition) is 4. The van der Waals surface area contributed by atoms with Gasteiger partial charge in [0.05, 0.1) is 39.3 Å². The van der Waals surface area contributed by atoms with Crippen molar-refractivity contribution in [3.8, 4) is 0 Å². The van der Waals surface area contributed by atoms with E-state index in [-0.39, 0.29) is 33.7 Å². The number of benzene rings is 5. The Labute approximate surface area is 378 Å². The molecule has 65 heavy (non-hydrogen) atoms. The highest BCUT2D eigenvalue weighted by Gasteiger charge is 2.66. The first kappa shape index (κ1) is 46.4. The predicted octanol–water partition coefficient (Wildman–Crippen LogP) is 8.14. The molecule has 2 atom stereocenters. The first-order chi connectivity index (χ1) is 30.3. The molecule has 3 aliphatic rings. The van der Waals surface area contributed by atoms with Gasteiger partial charge in [-0.05, 0) is 103 Å². The molecule has 0 amide bonds. The monoisotopic (exact) mass is 960 g/mol. The van der Waals surface area contributed by atoms with Crippen molar-refractivity contribution >= 4 is 84.7 Å². The maximum Gasteiger partial charge on any atom is 0.320 e. The van der Waals surface area contributed by atoms with E-state index in [4.69, 9.17) is 0 Å². The Morgan fingerprint density at radius 3 is 1.88 bits per heavy atom. The maximum absolute atomic E-state index is 13.0. The van der Waals surface area contributed by atoms with Crippen LogP contribution in [0.4, 0.5) is 11.4 Å². The Kier molecular flexibility index (Phi) is 11.4. The fraction of sp³-hybridized carbons (Fsp3) is 0.255. The van der Waals surface area contributed by atoms with E-state index in [1.165, 1.54) is 24.3 Å². The summed E-state index contributed by atoms with van der Waals surface area (Å²) >= 11 is 0. The van der Waals surface area contributed by atoms with E-state index >= 15 is 0 Å². The number of hydrogen-bond acceptors (Lipinski definition) is 8. The van der Waals surface area contributed by atoms with Gasteiger partial charge in [-0.3, -0.25) is 18.2 Å². The molecule has 3 heterocycles. The smallest absolute Gasteiger partial charge is 0.286 e. The molecule has 340 valence electrons. The van der Waals surface area contributed by atoms with Gasteiger partial charge in [0.15, 0.2) is 5.71 Å². The lowest BCUT2D eigenvalue weighted by Gasteiger charge is -2.49. The first-order valence-electron chi connectivity index (χ1n) is 20.6. The van der Waals surface area contributed by atoms with Crippen LogP contribution < -0.4 is 4.48 Å². The van der Waals surface area contributed by atoms with Crippen LogP contribution in [-0.2, 0) is 51.3 Å². The Bertz CT molecular complexity index is 3460. The molecule has 0 saturated carbocycles. The van der Waals surface area contributed by atoms with Gasteiger partial charge in [-0.1, -0.05) is 66.8 Å². The van der Waals surface area contributed by atoms with Gasteiger partial charge in [0.1, 0.15) is 17.9 Å². The number of quaternary nitrogens is 1. The molecule has 8 rings (SSSR count). The summed E-state index contributed by atoms with van der Waals surface area (Å²) in [5.41, 5.74) is 4.67. The molecule has 1 fully saturated rings. The number of fused-ring (bicyclic) bond motifs is 7. The summed E-state index contributed by atoms with van der Waals surface area (Å²) in [6, 6.07) is 25.3. The van der Waals surface area contributed by atoms with Crippen LogP contribution in [0.5, 0.6) is 0 Å². The minimum absolute atomic E-state index is 0.105. The van der Waals surface area contributed by atoms with Crippen molar-refractivity contribution in [1.29, 1.82) is 0 Å². The van der Waals surface area contributed by atoms with E-state index in [2.05, 4.69) is 0 Å². The van der Waals surface area contributed by atoms with Crippen molar-refractivity contribution in [2.75, 3.05) is 18.8 Å². The minimum Gasteiger partial charge on any atom is -0.286 e. The maximum atomic E-state index is 13.0. The zero-order valence-electron chi connectivity index (χ0n) is 35.8. The molecule has 3 aliphatic heterocycles. The molecule has 1 spiro atoms. The van der Waals surface area contributed by atoms with Crippen LogP contribution in [0.2, 0.25) is 0 Å². The standard InChI is InChI=1S/C47H46N2O12S4/c1-46(2)41(48(26-10-28-62(50,51)52)39-23-17-33-29-35(63(53,54)55)19-21-37(33)44(39)46)15-8-13-32(31-11-6-5-7-12-31)14-9-16-42-47(3,4)45-38-22-20-36(64(56,57)58)30-34(38)18-24-40(45)49(42)27-25-43(49)65(59,60)61/h5-9,11-24,29-30,43H,10,25-28H2,1-4H3,(H2-2,50,51,52,53,54,55,56,57,58,59,60,61)/p+2. The van der Waals surface area contributed by atoms with Gasteiger partial charge < -0.3 is 0 Å². The van der Waals surface area contributed by atoms with Crippen LogP contribution in [0, 0.1) is 0 Å². The van der Waals surface area contributed by atoms with Crippen LogP contribution in [0.1, 0.15) is 57.2 Å². The topological polar surface area (TPSA) is 220 Å². The van der Waals surface area contributed by atoms with Crippen LogP contribution >= 0.6 is 0 Å². The molecule has 4 N–H and O–H groups in total. The summed E-state index contributed by atoms with van der Waals surface area (Å²) < 4.78 is 139. The molecule has 5 aromatic carbocycles. The van der Waals surface area contributed by atoms with Crippen LogP contribution in [0.25, 0.3) is 27.1 Å². The van der Waals surface area contributed by atoms with Gasteiger partial charge in [-0.2, -0.15) is 38.2 Å². The summed E-state index contributed by atoms with van der Waals surface area (Å²) in [5.74, 6) is -0.460. The van der Waals surface area contributed by atoms with Gasteiger partial charge in [0.25, 0.3) is 30.4 Å². The summed E-state index contributed by atoms with van der Waals surface area (Å²) in [5, 5.41) is 1.36. The lowest BCUT2D eigenvalue weighted by Crippen LogP contribution is -2.68. The molecule has 2 unspecified atom stereocenters. The van der Waals surface area contributed by atoms with E-state index in [9.17, 15) is 51.9 Å². The van der Waals surface area contributed by atoms with Crippen molar-refractivity contribution in [1.82, 2.24) is 4.48 Å². The first-order valence-corrected chi connectivity index (χ1v) is 26.6. The quantitative estimate of drug-likeness (QED) is 0.0403. The summed E-state index contributed by atoms with van der Waals surface area (Å²) in [6.07, 6.45) is 11.6. The third kappa shape index (κ3) is 8.25. The fourth-order valence-electron chi connectivity index (χ4n) is 10.2. The molecule has 1 saturated heterocycles. The summed E-state index contributed by atoms with van der Waals surface area (Å²) in [4.78, 5) is -0.518. The summed E-state index contributed by atoms with van der Waals surface area (Å²) in [7, 11) is -17.8. The highest BCUT2D eigenvalue weighted by molar-refractivity contribution is 7.86. The highest BCUT2D eigenvalue weighted by Crippen LogP contribution is 2.60. The average Bonchev–Trinajstić information content (AvgIpc) is 3.55. The molecule has 5 aromatic rings. The van der Waals surface area contributed by atoms with E-state index in [0.717, 1.165) is 39.0 Å². The molecule has 0 aliphatic carbocycles. The van der Waals surface area contributed by atoms with Crippen molar-refractivity contribution in [3.05, 3.63) is 150 Å². The molecule has 18 heteroatoms. The van der Waals surface area contributed by atoms with Gasteiger partial charge in [0, 0.05) is 35.8 Å². The molecular formula is C47H48N2O12S4+2. The molecular weight excluding hydrogens is 913 g/mol. The minimum atomic E-state index is -4.54. The number of nitrogens with zero attached hydrogens (tertiary/aromatic N) is 2. The summed E-state index contributed by atoms with van der Waals surface area (Å²) in [6.45, 7) is 8.54. The molecule has 0 bridgehead atoms. The van der Waals surface area contributed by atoms with Gasteiger partial charge in [-0.25, -0.2) is 4.48 Å². The van der Waals surface area contributed by atoms with Crippen molar-refractivity contribution in [2.45, 2.75) is 66.5 Å². The van der Waals surface area contributed by atoms with Crippen molar-refractivity contribution in [2.24, 2.45) is 0 Å². The van der Waals surface area contributed by atoms with Gasteiger partial charge in [0.2, 0.25) is 11.1 Å². The zero-order valence-corrected chi connectivity index (χ0v) is 39.1. The van der Waals surface area contributed by atoms with E-state index in [1.807, 2.05) is 105 Å². The Balaban J connectivity index is 1.23. The van der Waals surface area contributed by atoms with Crippen molar-refractivity contribution in [3.63, 3.8) is 0 Å². The van der Waals surface area contributed by atoms with E-state index in [0.29, 0.717) is 34.1 Å².